The van der Waals surface area contributed by atoms with Crippen molar-refractivity contribution in [1.82, 2.24) is 15.3 Å². The molecule has 1 aromatic carbocycles. The van der Waals surface area contributed by atoms with Gasteiger partial charge in [0.1, 0.15) is 29.8 Å². The number of amides is 2. The number of pyridine rings is 2. The third-order valence-electron chi connectivity index (χ3n) is 4.66. The van der Waals surface area contributed by atoms with E-state index in [2.05, 4.69) is 20.6 Å². The highest BCUT2D eigenvalue weighted by molar-refractivity contribution is 6.07. The highest BCUT2D eigenvalue weighted by Gasteiger charge is 2.24. The first-order chi connectivity index (χ1) is 15.7. The van der Waals surface area contributed by atoms with Crippen molar-refractivity contribution >= 4 is 34.5 Å². The van der Waals surface area contributed by atoms with Gasteiger partial charge in [-0.3, -0.25) is 19.4 Å². The second-order valence-electron chi connectivity index (χ2n) is 7.22. The van der Waals surface area contributed by atoms with E-state index in [1.165, 1.54) is 32.4 Å². The van der Waals surface area contributed by atoms with Crippen LogP contribution in [0.4, 0.5) is 10.2 Å². The third kappa shape index (κ3) is 5.57. The molecule has 0 radical (unpaired) electrons. The summed E-state index contributed by atoms with van der Waals surface area (Å²) in [5, 5.41) is 24.6. The van der Waals surface area contributed by atoms with Crippen LogP contribution in [0.1, 0.15) is 28.5 Å². The maximum atomic E-state index is 13.2. The van der Waals surface area contributed by atoms with Crippen molar-refractivity contribution < 1.29 is 33.7 Å². The van der Waals surface area contributed by atoms with Crippen LogP contribution in [0.2, 0.25) is 0 Å². The summed E-state index contributed by atoms with van der Waals surface area (Å²) in [7, 11) is 1.33. The normalized spacial score (nSPS) is 11.7. The predicted molar refractivity (Wildman–Crippen MR) is 115 cm³/mol. The zero-order chi connectivity index (χ0) is 24.1. The Labute approximate surface area is 187 Å². The Bertz CT molecular complexity index is 1220. The van der Waals surface area contributed by atoms with Gasteiger partial charge in [0, 0.05) is 18.7 Å². The molecule has 11 heteroatoms. The van der Waals surface area contributed by atoms with Gasteiger partial charge in [-0.1, -0.05) is 12.1 Å². The summed E-state index contributed by atoms with van der Waals surface area (Å²) >= 11 is 0. The van der Waals surface area contributed by atoms with Crippen LogP contribution in [0.3, 0.4) is 0 Å². The highest BCUT2D eigenvalue weighted by atomic mass is 19.1. The largest absolute Gasteiger partial charge is 0.504 e. The maximum Gasteiger partial charge on any atom is 0.325 e. The minimum atomic E-state index is -1.28. The smallest absolute Gasteiger partial charge is 0.325 e. The number of aromatic nitrogens is 2. The zero-order valence-electron chi connectivity index (χ0n) is 17.8. The van der Waals surface area contributed by atoms with E-state index < -0.39 is 35.3 Å². The zero-order valence-corrected chi connectivity index (χ0v) is 17.8. The fourth-order valence-corrected chi connectivity index (χ4v) is 3.03. The van der Waals surface area contributed by atoms with Crippen LogP contribution in [0.5, 0.6) is 5.75 Å². The fraction of sp³-hybridized carbons (Fsp3) is 0.227. The van der Waals surface area contributed by atoms with Crippen molar-refractivity contribution in [3.63, 3.8) is 0 Å². The molecule has 0 spiro atoms. The highest BCUT2D eigenvalue weighted by Crippen LogP contribution is 2.32. The summed E-state index contributed by atoms with van der Waals surface area (Å²) in [5.74, 6) is -3.80. The lowest BCUT2D eigenvalue weighted by molar-refractivity contribution is -0.138. The van der Waals surface area contributed by atoms with Gasteiger partial charge in [-0.25, -0.2) is 9.37 Å². The van der Waals surface area contributed by atoms with Crippen molar-refractivity contribution in [2.24, 2.45) is 0 Å². The van der Waals surface area contributed by atoms with Crippen LogP contribution in [-0.4, -0.2) is 57.7 Å². The lowest BCUT2D eigenvalue weighted by Gasteiger charge is -2.14. The van der Waals surface area contributed by atoms with Crippen LogP contribution in [0.25, 0.3) is 10.9 Å². The second kappa shape index (κ2) is 10.0. The van der Waals surface area contributed by atoms with Crippen molar-refractivity contribution in [2.45, 2.75) is 19.4 Å². The number of ether oxygens (including phenoxy) is 1. The number of aliphatic carboxylic acids is 1. The van der Waals surface area contributed by atoms with Gasteiger partial charge in [0.25, 0.3) is 11.8 Å². The number of carboxylic acid groups (broad SMARTS) is 1. The molecular formula is C22H21FN4O6. The Hall–Kier alpha value is -4.12. The van der Waals surface area contributed by atoms with Gasteiger partial charge in [-0.15, -0.1) is 0 Å². The number of fused-ring (bicyclic) bond motifs is 1. The summed E-state index contributed by atoms with van der Waals surface area (Å²) in [4.78, 5) is 44.0. The molecule has 172 valence electrons. The molecular weight excluding hydrogens is 435 g/mol. The molecule has 2 aromatic heterocycles. The topological polar surface area (TPSA) is 151 Å². The molecule has 0 saturated heterocycles. The minimum absolute atomic E-state index is 0.0197. The Balaban J connectivity index is 2.06. The molecule has 0 aliphatic heterocycles. The lowest BCUT2D eigenvalue weighted by atomic mass is 10.0. The van der Waals surface area contributed by atoms with E-state index in [4.69, 9.17) is 9.84 Å². The van der Waals surface area contributed by atoms with Crippen molar-refractivity contribution in [3.8, 4) is 5.75 Å². The average Bonchev–Trinajstić information content (AvgIpc) is 2.77. The molecule has 2 heterocycles. The van der Waals surface area contributed by atoms with Gasteiger partial charge in [0.2, 0.25) is 0 Å². The molecule has 2 amide bonds. The second-order valence-corrected chi connectivity index (χ2v) is 7.22. The molecule has 3 rings (SSSR count). The van der Waals surface area contributed by atoms with E-state index in [1.54, 1.807) is 18.2 Å². The van der Waals surface area contributed by atoms with E-state index in [1.807, 2.05) is 0 Å². The van der Waals surface area contributed by atoms with Gasteiger partial charge < -0.3 is 25.6 Å². The number of methoxy groups -OCH3 is 1. The quantitative estimate of drug-likeness (QED) is 0.401. The van der Waals surface area contributed by atoms with Crippen molar-refractivity contribution in [3.05, 3.63) is 59.2 Å². The first-order valence-corrected chi connectivity index (χ1v) is 9.78. The Kier molecular flexibility index (Phi) is 7.13. The van der Waals surface area contributed by atoms with Crippen molar-refractivity contribution in [2.75, 3.05) is 19.0 Å². The number of carbonyl (C=O) groups excluding carboxylic acids is 2. The third-order valence-corrected chi connectivity index (χ3v) is 4.66. The number of aromatic hydroxyl groups is 1. The number of halogens is 1. The van der Waals surface area contributed by atoms with E-state index >= 15 is 0 Å². The molecule has 1 atom stereocenters. The predicted octanol–water partition coefficient (Wildman–Crippen LogP) is 1.85. The first kappa shape index (κ1) is 23.5. The summed E-state index contributed by atoms with van der Waals surface area (Å²) < 4.78 is 18.0. The summed E-state index contributed by atoms with van der Waals surface area (Å²) in [6, 6.07) is 6.28. The first-order valence-electron chi connectivity index (χ1n) is 9.78. The van der Waals surface area contributed by atoms with Crippen LogP contribution in [0, 0.1) is 5.82 Å². The monoisotopic (exact) mass is 456 g/mol. The Morgan fingerprint density at radius 3 is 2.52 bits per heavy atom. The molecule has 4 N–H and O–H groups in total. The van der Waals surface area contributed by atoms with Crippen LogP contribution < -0.4 is 10.6 Å². The van der Waals surface area contributed by atoms with Gasteiger partial charge in [0.15, 0.2) is 11.4 Å². The van der Waals surface area contributed by atoms with Gasteiger partial charge >= 0.3 is 5.97 Å². The molecule has 0 aliphatic rings. The van der Waals surface area contributed by atoms with Gasteiger partial charge in [-0.2, -0.15) is 0 Å². The standard InChI is InChI=1S/C22H21FN4O6/c1-11(22(31)32)25-21(30)18-19(29)17-15(20(27-18)26-16(28)10-33-2)8-13(9-24-17)7-12-3-5-14(23)6-4-12/h3-6,8-9,11,29H,7,10H2,1-2H3,(H,25,30)(H,31,32)(H,26,27,28). The average molecular weight is 456 g/mol. The molecule has 0 bridgehead atoms. The summed E-state index contributed by atoms with van der Waals surface area (Å²) in [6.07, 6.45) is 1.85. The maximum absolute atomic E-state index is 13.2. The van der Waals surface area contributed by atoms with Crippen LogP contribution in [-0.2, 0) is 20.7 Å². The Morgan fingerprint density at radius 2 is 1.88 bits per heavy atom. The SMILES string of the molecule is COCC(=O)Nc1nc(C(=O)NC(C)C(=O)O)c(O)c2ncc(Cc3ccc(F)cc3)cc12. The molecule has 0 saturated carbocycles. The summed E-state index contributed by atoms with van der Waals surface area (Å²) in [6.45, 7) is 0.962. The van der Waals surface area contributed by atoms with E-state index in [0.717, 1.165) is 5.56 Å². The lowest BCUT2D eigenvalue weighted by Crippen LogP contribution is -2.38. The number of rotatable bonds is 8. The van der Waals surface area contributed by atoms with E-state index in [0.29, 0.717) is 12.0 Å². The number of benzene rings is 1. The molecule has 0 aliphatic carbocycles. The molecule has 1 unspecified atom stereocenters. The van der Waals surface area contributed by atoms with E-state index in [9.17, 15) is 23.9 Å². The number of hydrogen-bond acceptors (Lipinski definition) is 7. The number of carboxylic acids is 1. The molecule has 0 fully saturated rings. The molecule has 3 aromatic rings. The van der Waals surface area contributed by atoms with E-state index in [-0.39, 0.29) is 29.1 Å². The van der Waals surface area contributed by atoms with Crippen molar-refractivity contribution in [1.29, 1.82) is 0 Å². The number of carbonyl (C=O) groups is 3. The summed E-state index contributed by atoms with van der Waals surface area (Å²) in [5.41, 5.74) is 0.961. The van der Waals surface area contributed by atoms with Gasteiger partial charge in [-0.05, 0) is 42.7 Å². The fourth-order valence-electron chi connectivity index (χ4n) is 3.03. The Morgan fingerprint density at radius 1 is 1.18 bits per heavy atom. The van der Waals surface area contributed by atoms with Crippen LogP contribution in [0.15, 0.2) is 36.5 Å². The molecule has 10 nitrogen and oxygen atoms in total. The number of hydrogen-bond donors (Lipinski definition) is 4. The van der Waals surface area contributed by atoms with Gasteiger partial charge in [0.05, 0.1) is 0 Å². The molecule has 33 heavy (non-hydrogen) atoms. The number of nitrogens with one attached hydrogen (secondary N) is 2. The number of anilines is 1. The minimum Gasteiger partial charge on any atom is -0.504 e. The number of nitrogens with zero attached hydrogens (tertiary/aromatic N) is 2. The van der Waals surface area contributed by atoms with Crippen LogP contribution >= 0.6 is 0 Å².